The fraction of sp³-hybridized carbons (Fsp3) is 0.679. The maximum Gasteiger partial charge on any atom is 0.232 e. The van der Waals surface area contributed by atoms with E-state index in [0.717, 1.165) is 60.4 Å². The highest BCUT2D eigenvalue weighted by atomic mass is 79.9. The summed E-state index contributed by atoms with van der Waals surface area (Å²) in [5.41, 5.74) is -0.370. The molecule has 6 fully saturated rings. The maximum absolute atomic E-state index is 14.2. The highest BCUT2D eigenvalue weighted by Gasteiger charge is 2.69. The second kappa shape index (κ2) is 8.02. The summed E-state index contributed by atoms with van der Waals surface area (Å²) in [6.07, 6.45) is 8.12. The largest absolute Gasteiger partial charge is 0.339 e. The highest BCUT2D eigenvalue weighted by molar-refractivity contribution is 9.10. The third-order valence-electron chi connectivity index (χ3n) is 9.56. The summed E-state index contributed by atoms with van der Waals surface area (Å²) in [6, 6.07) is 5.71. The smallest absolute Gasteiger partial charge is 0.232 e. The van der Waals surface area contributed by atoms with E-state index in [1.54, 1.807) is 0 Å². The third-order valence-corrected chi connectivity index (χ3v) is 10.8. The van der Waals surface area contributed by atoms with Crippen molar-refractivity contribution in [1.82, 2.24) is 10.1 Å². The molecule has 5 nitrogen and oxygen atoms in total. The van der Waals surface area contributed by atoms with E-state index in [2.05, 4.69) is 41.9 Å². The number of hydrogen-bond donors (Lipinski definition) is 0. The number of amides is 1. The molecule has 1 amide bonds. The Bertz CT molecular complexity index is 1180. The number of halogens is 3. The van der Waals surface area contributed by atoms with E-state index in [1.807, 2.05) is 23.1 Å². The van der Waals surface area contributed by atoms with Crippen LogP contribution in [0.3, 0.4) is 0 Å². The number of benzene rings is 1. The minimum Gasteiger partial charge on any atom is -0.339 e. The van der Waals surface area contributed by atoms with Gasteiger partial charge in [0.15, 0.2) is 5.82 Å². The van der Waals surface area contributed by atoms with Crippen molar-refractivity contribution in [2.75, 3.05) is 11.4 Å². The molecule has 0 saturated heterocycles. The number of carbonyl (C=O) groups is 1. The molecule has 6 aliphatic rings. The molecule has 8 rings (SSSR count). The number of nitrogens with zero attached hydrogens (tertiary/aromatic N) is 3. The Morgan fingerprint density at radius 2 is 1.75 bits per heavy atom. The first-order valence-electron chi connectivity index (χ1n) is 13.1. The predicted molar refractivity (Wildman–Crippen MR) is 141 cm³/mol. The van der Waals surface area contributed by atoms with Crippen LogP contribution in [0.2, 0.25) is 5.02 Å². The van der Waals surface area contributed by atoms with Crippen LogP contribution in [0.25, 0.3) is 0 Å². The zero-order chi connectivity index (χ0) is 25.6. The summed E-state index contributed by atoms with van der Waals surface area (Å²) in [6.45, 7) is 7.00. The van der Waals surface area contributed by atoms with Crippen molar-refractivity contribution in [2.45, 2.75) is 101 Å². The topological polar surface area (TPSA) is 59.2 Å². The van der Waals surface area contributed by atoms with Gasteiger partial charge in [0.1, 0.15) is 5.67 Å². The number of aromatic nitrogens is 2. The Morgan fingerprint density at radius 1 is 1.11 bits per heavy atom. The highest BCUT2D eigenvalue weighted by Crippen LogP contribution is 2.71. The van der Waals surface area contributed by atoms with Gasteiger partial charge < -0.3 is 9.42 Å². The Hall–Kier alpha value is -1.47. The number of fused-ring (bicyclic) bond motifs is 3. The van der Waals surface area contributed by atoms with E-state index in [4.69, 9.17) is 21.1 Å². The summed E-state index contributed by atoms with van der Waals surface area (Å²) in [7, 11) is 0. The first-order valence-corrected chi connectivity index (χ1v) is 14.3. The second-order valence-corrected chi connectivity index (χ2v) is 14.7. The lowest BCUT2D eigenvalue weighted by atomic mass is 9.41. The lowest BCUT2D eigenvalue weighted by Crippen LogP contribution is -2.65. The molecule has 6 aliphatic carbocycles. The fourth-order valence-corrected chi connectivity index (χ4v) is 7.83. The lowest BCUT2D eigenvalue weighted by Gasteiger charge is -2.66. The van der Waals surface area contributed by atoms with E-state index in [1.165, 1.54) is 0 Å². The van der Waals surface area contributed by atoms with E-state index < -0.39 is 5.67 Å². The second-order valence-electron chi connectivity index (χ2n) is 13.4. The Balaban J connectivity index is 1.21. The number of hydrogen-bond acceptors (Lipinski definition) is 4. The van der Waals surface area contributed by atoms with Crippen molar-refractivity contribution in [2.24, 2.45) is 10.8 Å². The van der Waals surface area contributed by atoms with Gasteiger partial charge in [0.25, 0.3) is 0 Å². The average Bonchev–Trinajstić information content (AvgIpc) is 3.31. The molecular weight excluding hydrogens is 545 g/mol. The van der Waals surface area contributed by atoms with Gasteiger partial charge in [0.2, 0.25) is 11.8 Å². The van der Waals surface area contributed by atoms with Crippen LogP contribution in [0, 0.1) is 10.8 Å². The first-order chi connectivity index (χ1) is 16.8. The summed E-state index contributed by atoms with van der Waals surface area (Å²) < 4.78 is 20.7. The van der Waals surface area contributed by atoms with E-state index in [9.17, 15) is 9.18 Å². The van der Waals surface area contributed by atoms with E-state index in [0.29, 0.717) is 37.3 Å². The van der Waals surface area contributed by atoms with Crippen molar-refractivity contribution >= 4 is 39.1 Å². The molecule has 2 aromatic rings. The van der Waals surface area contributed by atoms with Crippen LogP contribution in [0.4, 0.5) is 10.1 Å². The molecular formula is C28H34BrClFN3O2. The average molecular weight is 579 g/mol. The predicted octanol–water partition coefficient (Wildman–Crippen LogP) is 7.69. The van der Waals surface area contributed by atoms with Gasteiger partial charge in [-0.3, -0.25) is 4.79 Å². The quantitative estimate of drug-likeness (QED) is 0.353. The van der Waals surface area contributed by atoms with E-state index >= 15 is 0 Å². The third kappa shape index (κ3) is 4.03. The molecule has 0 atom stereocenters. The van der Waals surface area contributed by atoms with Gasteiger partial charge in [-0.25, -0.2) is 4.39 Å². The summed E-state index contributed by atoms with van der Waals surface area (Å²) >= 11 is 9.80. The standard InChI is InChI=1S/C28H34BrClFN3O2/c1-24(2,3)22-32-23(36-33-22)27-9-6-25(7-10-27,8-11-27)17-34(18-4-5-20(30)19(29)12-18)21(35)13-26-14-28(31,15-26)16-26/h4-5,12H,6-11,13-17H2,1-3H3. The molecule has 0 spiro atoms. The van der Waals surface area contributed by atoms with Crippen LogP contribution in [0.1, 0.15) is 96.7 Å². The molecule has 1 aromatic carbocycles. The summed E-state index contributed by atoms with van der Waals surface area (Å²) in [4.78, 5) is 20.5. The van der Waals surface area contributed by atoms with Crippen LogP contribution in [-0.2, 0) is 15.6 Å². The number of rotatable bonds is 6. The number of alkyl halides is 1. The van der Waals surface area contributed by atoms with Gasteiger partial charge in [0, 0.05) is 34.0 Å². The van der Waals surface area contributed by atoms with Crippen molar-refractivity contribution in [3.05, 3.63) is 39.4 Å². The first kappa shape index (κ1) is 24.8. The molecule has 4 bridgehead atoms. The zero-order valence-corrected chi connectivity index (χ0v) is 23.6. The van der Waals surface area contributed by atoms with Crippen LogP contribution in [0.5, 0.6) is 0 Å². The molecule has 0 aliphatic heterocycles. The van der Waals surface area contributed by atoms with Crippen LogP contribution >= 0.6 is 27.5 Å². The lowest BCUT2D eigenvalue weighted by molar-refractivity contribution is -0.215. The van der Waals surface area contributed by atoms with Gasteiger partial charge >= 0.3 is 0 Å². The number of carbonyl (C=O) groups excluding carboxylic acids is 1. The Labute approximate surface area is 225 Å². The monoisotopic (exact) mass is 577 g/mol. The normalized spacial score (nSPS) is 34.7. The van der Waals surface area contributed by atoms with Crippen molar-refractivity contribution in [3.63, 3.8) is 0 Å². The SMILES string of the molecule is CC(C)(C)c1noc(C23CCC(CN(C(=O)CC45CC(F)(C4)C5)c4ccc(Cl)c(Br)c4)(CC2)CC3)n1. The molecule has 1 aromatic heterocycles. The summed E-state index contributed by atoms with van der Waals surface area (Å²) in [5.74, 6) is 1.66. The van der Waals surface area contributed by atoms with Gasteiger partial charge in [-0.2, -0.15) is 4.98 Å². The number of anilines is 1. The van der Waals surface area contributed by atoms with Gasteiger partial charge in [-0.15, -0.1) is 0 Å². The van der Waals surface area contributed by atoms with Crippen molar-refractivity contribution < 1.29 is 13.7 Å². The molecule has 0 N–H and O–H groups in total. The Morgan fingerprint density at radius 3 is 2.28 bits per heavy atom. The van der Waals surface area contributed by atoms with Crippen molar-refractivity contribution in [1.29, 1.82) is 0 Å². The molecule has 1 heterocycles. The fourth-order valence-electron chi connectivity index (χ4n) is 7.34. The molecule has 6 saturated carbocycles. The van der Waals surface area contributed by atoms with Crippen LogP contribution in [0.15, 0.2) is 27.2 Å². The minimum atomic E-state index is -0.995. The van der Waals surface area contributed by atoms with Crippen molar-refractivity contribution in [3.8, 4) is 0 Å². The van der Waals surface area contributed by atoms with Gasteiger partial charge in [-0.1, -0.05) is 37.5 Å². The Kier molecular flexibility index (Phi) is 5.53. The van der Waals surface area contributed by atoms with Crippen LogP contribution < -0.4 is 4.90 Å². The maximum atomic E-state index is 14.2. The van der Waals surface area contributed by atoms with E-state index in [-0.39, 0.29) is 27.6 Å². The minimum absolute atomic E-state index is 0.0440. The molecule has 36 heavy (non-hydrogen) atoms. The molecule has 194 valence electrons. The zero-order valence-electron chi connectivity index (χ0n) is 21.3. The molecule has 0 unspecified atom stereocenters. The van der Waals surface area contributed by atoms with Gasteiger partial charge in [-0.05, 0) is 103 Å². The van der Waals surface area contributed by atoms with Crippen LogP contribution in [-0.4, -0.2) is 28.3 Å². The molecule has 8 heteroatoms. The molecule has 0 radical (unpaired) electrons. The van der Waals surface area contributed by atoms with Gasteiger partial charge in [0.05, 0.1) is 5.02 Å². The summed E-state index contributed by atoms with van der Waals surface area (Å²) in [5, 5.41) is 4.91.